The van der Waals surface area contributed by atoms with Gasteiger partial charge in [-0.05, 0) is 30.5 Å². The number of hydrogen-bond donors (Lipinski definition) is 0. The molecular weight excluding hydrogens is 251 g/mol. The normalized spacial score (nSPS) is 19.7. The summed E-state index contributed by atoms with van der Waals surface area (Å²) in [5.74, 6) is 0.343. The van der Waals surface area contributed by atoms with E-state index in [4.69, 9.17) is 8.92 Å². The molecule has 0 amide bonds. The van der Waals surface area contributed by atoms with Crippen molar-refractivity contribution in [2.45, 2.75) is 18.9 Å². The number of rotatable bonds is 3. The molecule has 0 N–H and O–H groups in total. The molecule has 1 atom stereocenters. The van der Waals surface area contributed by atoms with Gasteiger partial charge >= 0.3 is 10.1 Å². The van der Waals surface area contributed by atoms with E-state index in [1.807, 2.05) is 6.07 Å². The topological polar surface area (TPSA) is 52.6 Å². The van der Waals surface area contributed by atoms with Crippen LogP contribution in [0, 0.1) is 0 Å². The maximum atomic E-state index is 11.0. The molecule has 1 radical (unpaired) electrons. The van der Waals surface area contributed by atoms with Crippen LogP contribution in [0.3, 0.4) is 0 Å². The van der Waals surface area contributed by atoms with Crippen LogP contribution in [0.25, 0.3) is 0 Å². The van der Waals surface area contributed by atoms with Crippen LogP contribution in [0.5, 0.6) is 5.75 Å². The summed E-state index contributed by atoms with van der Waals surface area (Å²) < 4.78 is 32.3. The van der Waals surface area contributed by atoms with E-state index in [1.54, 1.807) is 18.2 Å². The third kappa shape index (κ3) is 4.60. The van der Waals surface area contributed by atoms with Crippen LogP contribution in [0.2, 0.25) is 0 Å². The molecule has 89 valence electrons. The Morgan fingerprint density at radius 2 is 2.18 bits per heavy atom. The number of benzene rings is 1. The van der Waals surface area contributed by atoms with Crippen LogP contribution in [-0.2, 0) is 14.9 Å². The van der Waals surface area contributed by atoms with Crippen LogP contribution in [0.15, 0.2) is 24.3 Å². The fourth-order valence-electron chi connectivity index (χ4n) is 1.78. The number of ether oxygens (including phenoxy) is 1. The zero-order chi connectivity index (χ0) is 11.6. The van der Waals surface area contributed by atoms with Crippen molar-refractivity contribution in [3.05, 3.63) is 29.8 Å². The number of hydrogen-bond acceptors (Lipinski definition) is 4. The summed E-state index contributed by atoms with van der Waals surface area (Å²) in [4.78, 5) is 0. The molecule has 1 unspecified atom stereocenters. The standard InChI is InChI=1S/C11H14O4S.Na/c1-16(12,13)15-10-5-2-4-9(8-10)11-6-3-7-14-11;/h2,4-5,8,11H,3,6-7H2,1H3;. The second-order valence-corrected chi connectivity index (χ2v) is 5.44. The Bertz CT molecular complexity index is 466. The molecule has 1 aromatic rings. The first kappa shape index (κ1) is 15.0. The van der Waals surface area contributed by atoms with E-state index in [-0.39, 0.29) is 35.7 Å². The molecule has 1 saturated heterocycles. The zero-order valence-corrected chi connectivity index (χ0v) is 12.9. The quantitative estimate of drug-likeness (QED) is 0.614. The van der Waals surface area contributed by atoms with E-state index in [2.05, 4.69) is 0 Å². The first-order chi connectivity index (χ1) is 7.54. The minimum absolute atomic E-state index is 0. The molecule has 1 heterocycles. The average Bonchev–Trinajstić information content (AvgIpc) is 2.68. The van der Waals surface area contributed by atoms with Crippen LogP contribution in [0.4, 0.5) is 0 Å². The minimum atomic E-state index is -3.46. The van der Waals surface area contributed by atoms with Gasteiger partial charge in [0.15, 0.2) is 0 Å². The molecule has 0 aliphatic carbocycles. The van der Waals surface area contributed by atoms with E-state index >= 15 is 0 Å². The molecular formula is C11H14NaO4S. The molecule has 4 nitrogen and oxygen atoms in total. The van der Waals surface area contributed by atoms with Crippen molar-refractivity contribution in [1.82, 2.24) is 0 Å². The minimum Gasteiger partial charge on any atom is -0.383 e. The fraction of sp³-hybridized carbons (Fsp3) is 0.455. The third-order valence-electron chi connectivity index (χ3n) is 2.41. The third-order valence-corrected chi connectivity index (χ3v) is 2.90. The van der Waals surface area contributed by atoms with Crippen molar-refractivity contribution < 1.29 is 17.3 Å². The van der Waals surface area contributed by atoms with E-state index in [1.165, 1.54) is 0 Å². The zero-order valence-electron chi connectivity index (χ0n) is 10.0. The molecule has 17 heavy (non-hydrogen) atoms. The predicted octanol–water partition coefficient (Wildman–Crippen LogP) is 1.50. The summed E-state index contributed by atoms with van der Waals surface area (Å²) >= 11 is 0. The van der Waals surface area contributed by atoms with Gasteiger partial charge in [-0.3, -0.25) is 0 Å². The van der Waals surface area contributed by atoms with E-state index in [0.29, 0.717) is 5.75 Å². The van der Waals surface area contributed by atoms with Crippen molar-refractivity contribution in [3.63, 3.8) is 0 Å². The van der Waals surface area contributed by atoms with Gasteiger partial charge in [0.1, 0.15) is 5.75 Å². The van der Waals surface area contributed by atoms with Crippen LogP contribution >= 0.6 is 0 Å². The maximum Gasteiger partial charge on any atom is 0.306 e. The molecule has 6 heteroatoms. The monoisotopic (exact) mass is 265 g/mol. The van der Waals surface area contributed by atoms with Crippen molar-refractivity contribution in [3.8, 4) is 5.75 Å². The Balaban J connectivity index is 0.00000144. The van der Waals surface area contributed by atoms with Crippen LogP contribution < -0.4 is 4.18 Å². The Morgan fingerprint density at radius 3 is 2.76 bits per heavy atom. The molecule has 1 aliphatic rings. The van der Waals surface area contributed by atoms with Crippen molar-refractivity contribution in [2.24, 2.45) is 0 Å². The summed E-state index contributed by atoms with van der Waals surface area (Å²) in [6, 6.07) is 7.04. The van der Waals surface area contributed by atoms with Crippen LogP contribution in [-0.4, -0.2) is 50.8 Å². The summed E-state index contributed by atoms with van der Waals surface area (Å²) in [6.45, 7) is 0.766. The first-order valence-electron chi connectivity index (χ1n) is 5.16. The first-order valence-corrected chi connectivity index (χ1v) is 6.97. The fourth-order valence-corrected chi connectivity index (χ4v) is 2.24. The van der Waals surface area contributed by atoms with Gasteiger partial charge in [0, 0.05) is 36.2 Å². The largest absolute Gasteiger partial charge is 0.383 e. The predicted molar refractivity (Wildman–Crippen MR) is 65.6 cm³/mol. The Hall–Kier alpha value is -0.0700. The molecule has 0 aromatic heterocycles. The van der Waals surface area contributed by atoms with Gasteiger partial charge in [-0.1, -0.05) is 12.1 Å². The van der Waals surface area contributed by atoms with Gasteiger partial charge in [-0.2, -0.15) is 8.42 Å². The van der Waals surface area contributed by atoms with Crippen molar-refractivity contribution >= 4 is 39.7 Å². The molecule has 1 fully saturated rings. The molecule has 2 rings (SSSR count). The van der Waals surface area contributed by atoms with Gasteiger partial charge in [-0.15, -0.1) is 0 Å². The molecule has 1 aromatic carbocycles. The van der Waals surface area contributed by atoms with E-state index in [0.717, 1.165) is 31.3 Å². The van der Waals surface area contributed by atoms with E-state index < -0.39 is 10.1 Å². The molecule has 0 bridgehead atoms. The molecule has 0 saturated carbocycles. The van der Waals surface area contributed by atoms with E-state index in [9.17, 15) is 8.42 Å². The van der Waals surface area contributed by atoms with Crippen molar-refractivity contribution in [1.29, 1.82) is 0 Å². The Labute approximate surface area is 124 Å². The Kier molecular flexibility index (Phi) is 5.47. The molecule has 0 spiro atoms. The SMILES string of the molecule is CS(=O)(=O)Oc1cccc(C2CCCO2)c1.[Na]. The van der Waals surface area contributed by atoms with Gasteiger partial charge in [0.25, 0.3) is 0 Å². The summed E-state index contributed by atoms with van der Waals surface area (Å²) in [5, 5.41) is 0. The van der Waals surface area contributed by atoms with Gasteiger partial charge in [0.05, 0.1) is 12.4 Å². The van der Waals surface area contributed by atoms with Gasteiger partial charge < -0.3 is 8.92 Å². The summed E-state index contributed by atoms with van der Waals surface area (Å²) in [5.41, 5.74) is 0.971. The summed E-state index contributed by atoms with van der Waals surface area (Å²) in [7, 11) is -3.46. The molecule has 1 aliphatic heterocycles. The second kappa shape index (κ2) is 6.20. The maximum absolute atomic E-state index is 11.0. The van der Waals surface area contributed by atoms with Gasteiger partial charge in [0.2, 0.25) is 0 Å². The second-order valence-electron chi connectivity index (χ2n) is 3.86. The Morgan fingerprint density at radius 1 is 1.41 bits per heavy atom. The van der Waals surface area contributed by atoms with Gasteiger partial charge in [-0.25, -0.2) is 0 Å². The summed E-state index contributed by atoms with van der Waals surface area (Å²) in [6.07, 6.45) is 3.12. The van der Waals surface area contributed by atoms with Crippen LogP contribution in [0.1, 0.15) is 24.5 Å². The average molecular weight is 265 g/mol. The van der Waals surface area contributed by atoms with Crippen molar-refractivity contribution in [2.75, 3.05) is 12.9 Å². The smallest absolute Gasteiger partial charge is 0.306 e.